The van der Waals surface area contributed by atoms with Crippen LogP contribution < -0.4 is 0 Å². The smallest absolute Gasteiger partial charge is 0.331 e. The van der Waals surface area contributed by atoms with Gasteiger partial charge in [-0.3, -0.25) is 4.90 Å². The van der Waals surface area contributed by atoms with Crippen LogP contribution in [0.4, 0.5) is 13.2 Å². The molecule has 2 aromatic carbocycles. The molecule has 0 fully saturated rings. The number of H-pyrrole nitrogens is 1. The third kappa shape index (κ3) is 5.51. The second-order valence-electron chi connectivity index (χ2n) is 11.2. The van der Waals surface area contributed by atoms with Crippen LogP contribution in [0.2, 0.25) is 0 Å². The van der Waals surface area contributed by atoms with Gasteiger partial charge in [0.15, 0.2) is 0 Å². The summed E-state index contributed by atoms with van der Waals surface area (Å²) >= 11 is 0. The maximum Gasteiger partial charge on any atom is 0.331 e. The summed E-state index contributed by atoms with van der Waals surface area (Å²) in [5, 5.41) is 1.00. The molecule has 1 unspecified atom stereocenters. The van der Waals surface area contributed by atoms with Crippen LogP contribution in [0.15, 0.2) is 42.5 Å². The van der Waals surface area contributed by atoms with Crippen molar-refractivity contribution in [2.45, 2.75) is 71.3 Å². The zero-order valence-corrected chi connectivity index (χ0v) is 21.6. The summed E-state index contributed by atoms with van der Waals surface area (Å²) in [5.41, 5.74) is 0.338. The first kappa shape index (κ1) is 26.0. The van der Waals surface area contributed by atoms with Gasteiger partial charge in [-0.25, -0.2) is 18.0 Å². The molecule has 3 aromatic rings. The zero-order valence-electron chi connectivity index (χ0n) is 21.6. The van der Waals surface area contributed by atoms with Crippen molar-refractivity contribution in [2.75, 3.05) is 6.54 Å². The predicted octanol–water partition coefficient (Wildman–Crippen LogP) is 6.89. The molecule has 4 nitrogen and oxygen atoms in total. The summed E-state index contributed by atoms with van der Waals surface area (Å²) in [6.07, 6.45) is 3.10. The Morgan fingerprint density at radius 3 is 2.39 bits per heavy atom. The monoisotopic (exact) mass is 498 g/mol. The minimum atomic E-state index is -1.57. The normalized spacial score (nSPS) is 19.1. The Hall–Kier alpha value is -3.06. The number of carbonyl (C=O) groups excluding carboxylic acids is 1. The van der Waals surface area contributed by atoms with Gasteiger partial charge in [0, 0.05) is 40.8 Å². The molecule has 4 rings (SSSR count). The van der Waals surface area contributed by atoms with E-state index in [2.05, 4.69) is 4.98 Å². The molecular formula is C29H33F3N2O2. The van der Waals surface area contributed by atoms with Crippen LogP contribution in [-0.4, -0.2) is 39.7 Å². The number of halogens is 3. The molecule has 0 bridgehead atoms. The van der Waals surface area contributed by atoms with Crippen molar-refractivity contribution < 1.29 is 22.7 Å². The molecule has 2 heterocycles. The van der Waals surface area contributed by atoms with E-state index in [9.17, 15) is 9.18 Å². The highest BCUT2D eigenvalue weighted by molar-refractivity contribution is 5.87. The van der Waals surface area contributed by atoms with E-state index in [1.165, 1.54) is 32.1 Å². The van der Waals surface area contributed by atoms with E-state index in [4.69, 9.17) is 4.74 Å². The molecule has 0 amide bonds. The van der Waals surface area contributed by atoms with Gasteiger partial charge in [0.1, 0.15) is 22.9 Å². The van der Waals surface area contributed by atoms with E-state index in [1.807, 2.05) is 36.1 Å². The standard InChI is InChI=1S/C29H33F3N2O2/c1-17-13-20-19-9-7-8-10-23(19)33-26(20)27(34(17)16-29(5,6)32)25-21(30)14-18(15-22(25)31)11-12-24(35)36-28(2,3)4/h7-12,14-15,17,27,33H,13,16H2,1-6H3/b12-11+/t17-,27?/m1/s1. The summed E-state index contributed by atoms with van der Waals surface area (Å²) in [4.78, 5) is 17.2. The number of hydrogen-bond acceptors (Lipinski definition) is 3. The average molecular weight is 499 g/mol. The van der Waals surface area contributed by atoms with Crippen LogP contribution in [-0.2, 0) is 16.0 Å². The third-order valence-electron chi connectivity index (χ3n) is 6.27. The van der Waals surface area contributed by atoms with Crippen molar-refractivity contribution >= 4 is 22.9 Å². The van der Waals surface area contributed by atoms with E-state index in [-0.39, 0.29) is 23.7 Å². The van der Waals surface area contributed by atoms with Crippen molar-refractivity contribution in [3.8, 4) is 0 Å². The lowest BCUT2D eigenvalue weighted by Gasteiger charge is -2.43. The number of nitrogens with zero attached hydrogens (tertiary/aromatic N) is 1. The summed E-state index contributed by atoms with van der Waals surface area (Å²) in [6, 6.07) is 9.14. The number of fused-ring (bicyclic) bond motifs is 3. The van der Waals surface area contributed by atoms with E-state index in [1.54, 1.807) is 20.8 Å². The van der Waals surface area contributed by atoms with E-state index in [0.29, 0.717) is 12.1 Å². The van der Waals surface area contributed by atoms with Crippen molar-refractivity contribution in [3.63, 3.8) is 0 Å². The molecule has 0 saturated heterocycles. The van der Waals surface area contributed by atoms with Crippen LogP contribution in [0, 0.1) is 11.6 Å². The zero-order chi connectivity index (χ0) is 26.4. The van der Waals surface area contributed by atoms with Gasteiger partial charge in [-0.05, 0) is 83.4 Å². The molecule has 1 N–H and O–H groups in total. The van der Waals surface area contributed by atoms with Gasteiger partial charge in [0.2, 0.25) is 0 Å². The van der Waals surface area contributed by atoms with Gasteiger partial charge in [-0.1, -0.05) is 18.2 Å². The molecule has 1 aliphatic rings. The lowest BCUT2D eigenvalue weighted by Crippen LogP contribution is -2.48. The topological polar surface area (TPSA) is 45.3 Å². The van der Waals surface area contributed by atoms with Crippen LogP contribution in [0.3, 0.4) is 0 Å². The fourth-order valence-corrected chi connectivity index (χ4v) is 4.96. The van der Waals surface area contributed by atoms with Gasteiger partial charge >= 0.3 is 5.97 Å². The lowest BCUT2D eigenvalue weighted by atomic mass is 9.87. The quantitative estimate of drug-likeness (QED) is 0.308. The largest absolute Gasteiger partial charge is 0.457 e. The molecule has 36 heavy (non-hydrogen) atoms. The number of aromatic amines is 1. The number of alkyl halides is 1. The molecule has 0 saturated carbocycles. The van der Waals surface area contributed by atoms with E-state index in [0.717, 1.165) is 22.5 Å². The lowest BCUT2D eigenvalue weighted by molar-refractivity contribution is -0.148. The first-order chi connectivity index (χ1) is 16.7. The number of nitrogens with one attached hydrogen (secondary N) is 1. The fraction of sp³-hybridized carbons (Fsp3) is 0.414. The van der Waals surface area contributed by atoms with Gasteiger partial charge < -0.3 is 9.72 Å². The number of benzene rings is 2. The highest BCUT2D eigenvalue weighted by Crippen LogP contribution is 2.43. The highest BCUT2D eigenvalue weighted by atomic mass is 19.1. The van der Waals surface area contributed by atoms with Crippen molar-refractivity contribution in [2.24, 2.45) is 0 Å². The summed E-state index contributed by atoms with van der Waals surface area (Å²) < 4.78 is 51.4. The first-order valence-corrected chi connectivity index (χ1v) is 12.2. The van der Waals surface area contributed by atoms with Crippen LogP contribution in [0.25, 0.3) is 17.0 Å². The summed E-state index contributed by atoms with van der Waals surface area (Å²) in [7, 11) is 0. The Morgan fingerprint density at radius 2 is 1.78 bits per heavy atom. The predicted molar refractivity (Wildman–Crippen MR) is 136 cm³/mol. The number of rotatable bonds is 5. The second-order valence-corrected chi connectivity index (χ2v) is 11.2. The Labute approximate surface area is 210 Å². The Morgan fingerprint density at radius 1 is 1.14 bits per heavy atom. The van der Waals surface area contributed by atoms with Crippen LogP contribution in [0.5, 0.6) is 0 Å². The summed E-state index contributed by atoms with van der Waals surface area (Å²) in [6.45, 7) is 10.1. The number of para-hydroxylation sites is 1. The number of esters is 1. The third-order valence-corrected chi connectivity index (χ3v) is 6.27. The molecular weight excluding hydrogens is 465 g/mol. The molecule has 1 aliphatic heterocycles. The maximum atomic E-state index is 15.6. The highest BCUT2D eigenvalue weighted by Gasteiger charge is 2.40. The van der Waals surface area contributed by atoms with Gasteiger partial charge in [0.05, 0.1) is 6.04 Å². The van der Waals surface area contributed by atoms with Gasteiger partial charge in [-0.15, -0.1) is 0 Å². The summed E-state index contributed by atoms with van der Waals surface area (Å²) in [5.74, 6) is -2.12. The SMILES string of the molecule is C[C@@H]1Cc2c([nH]c3ccccc23)C(c2c(F)cc(/C=C/C(=O)OC(C)(C)C)cc2F)N1CC(C)(C)F. The fourth-order valence-electron chi connectivity index (χ4n) is 4.96. The number of aromatic nitrogens is 1. The Balaban J connectivity index is 1.80. The molecule has 192 valence electrons. The number of carbonyl (C=O) groups is 1. The van der Waals surface area contributed by atoms with E-state index < -0.39 is 34.9 Å². The van der Waals surface area contributed by atoms with Gasteiger partial charge in [0.25, 0.3) is 0 Å². The molecule has 7 heteroatoms. The van der Waals surface area contributed by atoms with Crippen molar-refractivity contribution in [1.29, 1.82) is 0 Å². The van der Waals surface area contributed by atoms with Crippen LogP contribution in [0.1, 0.15) is 70.0 Å². The Bertz CT molecular complexity index is 1290. The maximum absolute atomic E-state index is 15.6. The second kappa shape index (κ2) is 9.43. The minimum Gasteiger partial charge on any atom is -0.457 e. The van der Waals surface area contributed by atoms with Crippen molar-refractivity contribution in [3.05, 3.63) is 76.5 Å². The number of ether oxygens (including phenoxy) is 1. The number of hydrogen-bond donors (Lipinski definition) is 1. The Kier molecular flexibility index (Phi) is 6.82. The van der Waals surface area contributed by atoms with Gasteiger partial charge in [-0.2, -0.15) is 0 Å². The molecule has 2 atom stereocenters. The van der Waals surface area contributed by atoms with Crippen LogP contribution >= 0.6 is 0 Å². The molecule has 0 aliphatic carbocycles. The van der Waals surface area contributed by atoms with Crippen molar-refractivity contribution in [1.82, 2.24) is 9.88 Å². The molecule has 1 aromatic heterocycles. The molecule has 0 spiro atoms. The first-order valence-electron chi connectivity index (χ1n) is 12.2. The molecule has 0 radical (unpaired) electrons. The minimum absolute atomic E-state index is 0.00676. The average Bonchev–Trinajstić information content (AvgIpc) is 3.10. The van der Waals surface area contributed by atoms with E-state index >= 15 is 8.78 Å².